The molecule has 2 aromatic rings. The monoisotopic (exact) mass is 428 g/mol. The number of methoxy groups -OCH3 is 1. The lowest BCUT2D eigenvalue weighted by atomic mass is 9.83. The Kier molecular flexibility index (Phi) is 7.75. The van der Waals surface area contributed by atoms with E-state index in [9.17, 15) is 13.2 Å². The number of anilines is 1. The topological polar surface area (TPSA) is 105 Å². The van der Waals surface area contributed by atoms with Crippen molar-refractivity contribution >= 4 is 21.4 Å². The lowest BCUT2D eigenvalue weighted by Gasteiger charge is -2.24. The number of nitrogens with one attached hydrogen (secondary N) is 1. The van der Waals surface area contributed by atoms with Crippen LogP contribution in [0.1, 0.15) is 19.4 Å². The molecule has 0 bridgehead atoms. The highest BCUT2D eigenvalue weighted by Gasteiger charge is 2.30. The molecule has 0 atom stereocenters. The maximum Gasteiger partial charge on any atom is 0.234 e. The number of rotatable bonds is 9. The lowest BCUT2D eigenvalue weighted by Crippen LogP contribution is -2.34. The molecule has 0 unspecified atom stereocenters. The molecule has 30 heavy (non-hydrogen) atoms. The number of sulfone groups is 1. The second-order valence-corrected chi connectivity index (χ2v) is 8.78. The molecule has 0 spiro atoms. The summed E-state index contributed by atoms with van der Waals surface area (Å²) in [6.45, 7) is 4.36. The average molecular weight is 429 g/mol. The predicted molar refractivity (Wildman–Crippen MR) is 114 cm³/mol. The van der Waals surface area contributed by atoms with Gasteiger partial charge in [-0.05, 0) is 43.7 Å². The van der Waals surface area contributed by atoms with Gasteiger partial charge in [-0.3, -0.25) is 4.79 Å². The zero-order valence-electron chi connectivity index (χ0n) is 17.1. The van der Waals surface area contributed by atoms with Crippen molar-refractivity contribution in [2.75, 3.05) is 25.6 Å². The molecular formula is C22H24N2O5S. The van der Waals surface area contributed by atoms with Crippen LogP contribution in [0.2, 0.25) is 0 Å². The first-order chi connectivity index (χ1) is 14.2. The molecule has 0 aromatic heterocycles. The highest BCUT2D eigenvalue weighted by molar-refractivity contribution is 7.94. The number of ether oxygens (including phenoxy) is 2. The van der Waals surface area contributed by atoms with Gasteiger partial charge in [0.1, 0.15) is 12.4 Å². The molecule has 0 aliphatic carbocycles. The fraction of sp³-hybridized carbons (Fsp3) is 0.273. The molecule has 0 aliphatic heterocycles. The van der Waals surface area contributed by atoms with Gasteiger partial charge in [-0.25, -0.2) is 8.42 Å². The molecule has 2 rings (SSSR count). The molecule has 0 fully saturated rings. The summed E-state index contributed by atoms with van der Waals surface area (Å²) >= 11 is 0. The second-order valence-electron chi connectivity index (χ2n) is 6.95. The van der Waals surface area contributed by atoms with E-state index in [-0.39, 0.29) is 10.8 Å². The van der Waals surface area contributed by atoms with Gasteiger partial charge in [0.2, 0.25) is 15.7 Å². The van der Waals surface area contributed by atoms with Gasteiger partial charge in [-0.2, -0.15) is 5.26 Å². The van der Waals surface area contributed by atoms with E-state index in [4.69, 9.17) is 14.7 Å². The van der Waals surface area contributed by atoms with Crippen LogP contribution in [-0.2, 0) is 24.8 Å². The first kappa shape index (κ1) is 23.1. The van der Waals surface area contributed by atoms with Crippen LogP contribution in [0.4, 0.5) is 5.69 Å². The molecule has 158 valence electrons. The molecule has 1 amide bonds. The van der Waals surface area contributed by atoms with Crippen LogP contribution >= 0.6 is 0 Å². The van der Waals surface area contributed by atoms with Crippen molar-refractivity contribution in [1.82, 2.24) is 0 Å². The highest BCUT2D eigenvalue weighted by Crippen LogP contribution is 2.27. The summed E-state index contributed by atoms with van der Waals surface area (Å²) in [7, 11) is -2.10. The van der Waals surface area contributed by atoms with Crippen LogP contribution in [0.3, 0.4) is 0 Å². The number of carbonyl (C=O) groups excluding carboxylic acids is 1. The Morgan fingerprint density at radius 2 is 1.87 bits per heavy atom. The molecule has 0 radical (unpaired) electrons. The van der Waals surface area contributed by atoms with Crippen LogP contribution in [-0.4, -0.2) is 34.6 Å². The minimum atomic E-state index is -3.69. The number of amides is 1. The maximum atomic E-state index is 12.9. The van der Waals surface area contributed by atoms with E-state index in [0.29, 0.717) is 30.2 Å². The van der Waals surface area contributed by atoms with E-state index < -0.39 is 15.3 Å². The van der Waals surface area contributed by atoms with Crippen LogP contribution in [0, 0.1) is 11.3 Å². The van der Waals surface area contributed by atoms with Crippen molar-refractivity contribution in [3.63, 3.8) is 0 Å². The van der Waals surface area contributed by atoms with Gasteiger partial charge in [0, 0.05) is 30.3 Å². The minimum Gasteiger partial charge on any atom is -0.491 e. The van der Waals surface area contributed by atoms with Gasteiger partial charge < -0.3 is 14.8 Å². The van der Waals surface area contributed by atoms with Gasteiger partial charge in [0.25, 0.3) is 0 Å². The Balaban J connectivity index is 2.15. The number of hydrogen-bond acceptors (Lipinski definition) is 6. The second kappa shape index (κ2) is 10.1. The van der Waals surface area contributed by atoms with E-state index >= 15 is 0 Å². The van der Waals surface area contributed by atoms with Crippen molar-refractivity contribution < 1.29 is 22.7 Å². The molecule has 8 heteroatoms. The third-order valence-electron chi connectivity index (χ3n) is 4.44. The van der Waals surface area contributed by atoms with Crippen molar-refractivity contribution in [1.29, 1.82) is 5.26 Å². The van der Waals surface area contributed by atoms with Gasteiger partial charge in [-0.1, -0.05) is 18.2 Å². The first-order valence-corrected chi connectivity index (χ1v) is 10.7. The molecular weight excluding hydrogens is 404 g/mol. The molecule has 0 saturated carbocycles. The summed E-state index contributed by atoms with van der Waals surface area (Å²) in [6, 6.07) is 14.7. The summed E-state index contributed by atoms with van der Waals surface area (Å²) in [5.74, 6) is 0.360. The van der Waals surface area contributed by atoms with E-state index in [1.54, 1.807) is 63.4 Å². The maximum absolute atomic E-state index is 12.9. The normalized spacial score (nSPS) is 11.8. The lowest BCUT2D eigenvalue weighted by molar-refractivity contribution is -0.120. The predicted octanol–water partition coefficient (Wildman–Crippen LogP) is 3.44. The molecule has 0 heterocycles. The van der Waals surface area contributed by atoms with Crippen LogP contribution in [0.5, 0.6) is 5.75 Å². The van der Waals surface area contributed by atoms with Crippen LogP contribution in [0.15, 0.2) is 64.9 Å². The Labute approximate surface area is 176 Å². The van der Waals surface area contributed by atoms with Crippen molar-refractivity contribution in [2.24, 2.45) is 0 Å². The van der Waals surface area contributed by atoms with E-state index in [0.717, 1.165) is 11.5 Å². The number of nitriles is 1. The quantitative estimate of drug-likeness (QED) is 0.484. The Bertz CT molecular complexity index is 1050. The SMILES string of the molecule is COCCOc1cccc(NC(=O)C(C)(C)c2ccc(S(=O)(=O)C=CC#N)cc2)c1. The van der Waals surface area contributed by atoms with Gasteiger partial charge in [-0.15, -0.1) is 0 Å². The Hall–Kier alpha value is -3.15. The standard InChI is InChI=1S/C22H24N2O5S/c1-22(2,17-8-10-20(11-9-17)30(26,27)15-5-12-23)21(25)24-18-6-4-7-19(16-18)29-14-13-28-3/h4-11,15-16H,13-14H2,1-3H3,(H,24,25). The van der Waals surface area contributed by atoms with E-state index in [1.807, 2.05) is 0 Å². The molecule has 0 aliphatic rings. The summed E-state index contributed by atoms with van der Waals surface area (Å²) in [5, 5.41) is 12.2. The summed E-state index contributed by atoms with van der Waals surface area (Å²) in [5.41, 5.74) is 0.317. The van der Waals surface area contributed by atoms with Crippen molar-refractivity contribution in [3.8, 4) is 11.8 Å². The fourth-order valence-electron chi connectivity index (χ4n) is 2.58. The molecule has 2 aromatic carbocycles. The Morgan fingerprint density at radius 1 is 1.17 bits per heavy atom. The number of allylic oxidation sites excluding steroid dienone is 1. The summed E-state index contributed by atoms with van der Waals surface area (Å²) < 4.78 is 34.7. The zero-order valence-corrected chi connectivity index (χ0v) is 17.9. The summed E-state index contributed by atoms with van der Waals surface area (Å²) in [6.07, 6.45) is 0.910. The summed E-state index contributed by atoms with van der Waals surface area (Å²) in [4.78, 5) is 12.9. The largest absolute Gasteiger partial charge is 0.491 e. The average Bonchev–Trinajstić information content (AvgIpc) is 2.73. The number of hydrogen-bond donors (Lipinski definition) is 1. The number of nitrogens with zero attached hydrogens (tertiary/aromatic N) is 1. The Morgan fingerprint density at radius 3 is 2.50 bits per heavy atom. The third-order valence-corrected chi connectivity index (χ3v) is 5.87. The molecule has 1 N–H and O–H groups in total. The third kappa shape index (κ3) is 5.92. The fourth-order valence-corrected chi connectivity index (χ4v) is 3.50. The smallest absolute Gasteiger partial charge is 0.234 e. The number of carbonyl (C=O) groups is 1. The minimum absolute atomic E-state index is 0.0508. The van der Waals surface area contributed by atoms with Gasteiger partial charge in [0.15, 0.2) is 0 Å². The highest BCUT2D eigenvalue weighted by atomic mass is 32.2. The first-order valence-electron chi connectivity index (χ1n) is 9.16. The van der Waals surface area contributed by atoms with Gasteiger partial charge in [0.05, 0.1) is 23.0 Å². The van der Waals surface area contributed by atoms with E-state index in [2.05, 4.69) is 5.32 Å². The van der Waals surface area contributed by atoms with Crippen molar-refractivity contribution in [2.45, 2.75) is 24.2 Å². The van der Waals surface area contributed by atoms with Crippen LogP contribution in [0.25, 0.3) is 0 Å². The van der Waals surface area contributed by atoms with Crippen LogP contribution < -0.4 is 10.1 Å². The zero-order chi connectivity index (χ0) is 22.2. The molecule has 7 nitrogen and oxygen atoms in total. The molecule has 0 saturated heterocycles. The number of benzene rings is 2. The van der Waals surface area contributed by atoms with Gasteiger partial charge >= 0.3 is 0 Å². The van der Waals surface area contributed by atoms with E-state index in [1.165, 1.54) is 12.1 Å². The van der Waals surface area contributed by atoms with Crippen molar-refractivity contribution in [3.05, 3.63) is 65.6 Å².